The van der Waals surface area contributed by atoms with Crippen LogP contribution in [-0.2, 0) is 0 Å². The molecule has 1 unspecified atom stereocenters. The average Bonchev–Trinajstić information content (AvgIpc) is 2.03. The molecule has 0 aromatic carbocycles. The average molecular weight is 170 g/mol. The summed E-state index contributed by atoms with van der Waals surface area (Å²) in [6, 6.07) is 0. The summed E-state index contributed by atoms with van der Waals surface area (Å²) in [6.07, 6.45) is 0.954. The summed E-state index contributed by atoms with van der Waals surface area (Å²) in [5.74, 6) is 0.383. The van der Waals surface area contributed by atoms with Gasteiger partial charge in [0, 0.05) is 6.61 Å². The number of hydrogen-bond donors (Lipinski definition) is 2. The van der Waals surface area contributed by atoms with Crippen LogP contribution in [-0.4, -0.2) is 23.4 Å². The summed E-state index contributed by atoms with van der Waals surface area (Å²) in [4.78, 5) is 0. The Hall–Kier alpha value is -0.340. The predicted octanol–water partition coefficient (Wildman–Crippen LogP) is 1.33. The van der Waals surface area contributed by atoms with Crippen LogP contribution in [0.5, 0.6) is 0 Å². The Bertz CT molecular complexity index is 204. The highest BCUT2D eigenvalue weighted by Gasteiger charge is 2.43. The molecule has 12 heavy (non-hydrogen) atoms. The van der Waals surface area contributed by atoms with Crippen molar-refractivity contribution >= 4 is 0 Å². The molecule has 0 radical (unpaired) electrons. The summed E-state index contributed by atoms with van der Waals surface area (Å²) in [5, 5.41) is 17.9. The Morgan fingerprint density at radius 1 is 1.50 bits per heavy atom. The van der Waals surface area contributed by atoms with Crippen LogP contribution < -0.4 is 0 Å². The van der Waals surface area contributed by atoms with Gasteiger partial charge in [0.1, 0.15) is 0 Å². The zero-order chi connectivity index (χ0) is 9.35. The van der Waals surface area contributed by atoms with Crippen molar-refractivity contribution in [1.29, 1.82) is 0 Å². The van der Waals surface area contributed by atoms with Crippen LogP contribution >= 0.6 is 0 Å². The van der Waals surface area contributed by atoms with Gasteiger partial charge in [-0.15, -0.1) is 0 Å². The van der Waals surface area contributed by atoms with Gasteiger partial charge in [0.05, 0.1) is 6.61 Å². The molecule has 0 aliphatic heterocycles. The van der Waals surface area contributed by atoms with E-state index in [1.54, 1.807) is 0 Å². The smallest absolute Gasteiger partial charge is 0.0641 e. The van der Waals surface area contributed by atoms with E-state index in [4.69, 9.17) is 10.2 Å². The van der Waals surface area contributed by atoms with Crippen molar-refractivity contribution in [2.24, 2.45) is 11.3 Å². The van der Waals surface area contributed by atoms with Gasteiger partial charge in [-0.2, -0.15) is 0 Å². The standard InChI is InChI=1S/C10H18O2/c1-7(5-11)9-4-8(6-12)10(9,2)3/h8,11-12H,4-6H2,1-3H3/b9-7-. The number of hydrogen-bond acceptors (Lipinski definition) is 2. The monoisotopic (exact) mass is 170 g/mol. The molecule has 0 heterocycles. The van der Waals surface area contributed by atoms with Gasteiger partial charge in [0.25, 0.3) is 0 Å². The van der Waals surface area contributed by atoms with Gasteiger partial charge in [-0.25, -0.2) is 0 Å². The first-order chi connectivity index (χ1) is 5.54. The summed E-state index contributed by atoms with van der Waals surface area (Å²) in [6.45, 7) is 6.63. The number of rotatable bonds is 2. The lowest BCUT2D eigenvalue weighted by atomic mass is 9.58. The van der Waals surface area contributed by atoms with Crippen molar-refractivity contribution in [3.8, 4) is 0 Å². The molecule has 0 bridgehead atoms. The summed E-state index contributed by atoms with van der Waals surface area (Å²) >= 11 is 0. The van der Waals surface area contributed by atoms with Gasteiger partial charge in [0.2, 0.25) is 0 Å². The van der Waals surface area contributed by atoms with Gasteiger partial charge >= 0.3 is 0 Å². The van der Waals surface area contributed by atoms with Crippen molar-refractivity contribution in [3.63, 3.8) is 0 Å². The Morgan fingerprint density at radius 2 is 2.08 bits per heavy atom. The molecule has 1 aliphatic carbocycles. The van der Waals surface area contributed by atoms with E-state index in [9.17, 15) is 0 Å². The minimum absolute atomic E-state index is 0.0988. The lowest BCUT2D eigenvalue weighted by Crippen LogP contribution is -2.41. The maximum atomic E-state index is 9.01. The normalized spacial score (nSPS) is 31.2. The second kappa shape index (κ2) is 3.19. The molecule has 0 aromatic rings. The molecule has 1 aliphatic rings. The van der Waals surface area contributed by atoms with E-state index in [0.29, 0.717) is 5.92 Å². The Kier molecular flexibility index (Phi) is 2.59. The predicted molar refractivity (Wildman–Crippen MR) is 48.8 cm³/mol. The molecule has 2 heteroatoms. The van der Waals surface area contributed by atoms with Crippen LogP contribution in [0.2, 0.25) is 0 Å². The maximum absolute atomic E-state index is 9.01. The molecule has 0 saturated heterocycles. The summed E-state index contributed by atoms with van der Waals surface area (Å²) < 4.78 is 0. The van der Waals surface area contributed by atoms with E-state index in [-0.39, 0.29) is 18.6 Å². The zero-order valence-corrected chi connectivity index (χ0v) is 8.09. The molecule has 1 fully saturated rings. The van der Waals surface area contributed by atoms with Crippen LogP contribution in [0.3, 0.4) is 0 Å². The molecular weight excluding hydrogens is 152 g/mol. The van der Waals surface area contributed by atoms with Gasteiger partial charge < -0.3 is 10.2 Å². The summed E-state index contributed by atoms with van der Waals surface area (Å²) in [7, 11) is 0. The van der Waals surface area contributed by atoms with Crippen LogP contribution in [0.15, 0.2) is 11.1 Å². The van der Waals surface area contributed by atoms with E-state index >= 15 is 0 Å². The fraction of sp³-hybridized carbons (Fsp3) is 0.800. The van der Waals surface area contributed by atoms with Crippen LogP contribution in [0.1, 0.15) is 27.2 Å². The largest absolute Gasteiger partial charge is 0.396 e. The maximum Gasteiger partial charge on any atom is 0.0641 e. The third kappa shape index (κ3) is 1.29. The van der Waals surface area contributed by atoms with Gasteiger partial charge in [-0.05, 0) is 30.3 Å². The zero-order valence-electron chi connectivity index (χ0n) is 8.09. The van der Waals surface area contributed by atoms with Crippen molar-refractivity contribution in [2.75, 3.05) is 13.2 Å². The quantitative estimate of drug-likeness (QED) is 0.614. The number of aliphatic hydroxyl groups excluding tert-OH is 2. The first-order valence-corrected chi connectivity index (χ1v) is 4.44. The van der Waals surface area contributed by atoms with Crippen LogP contribution in [0, 0.1) is 11.3 Å². The minimum Gasteiger partial charge on any atom is -0.396 e. The Morgan fingerprint density at radius 3 is 2.42 bits per heavy atom. The Labute approximate surface area is 73.9 Å². The minimum atomic E-state index is 0.0988. The van der Waals surface area contributed by atoms with Gasteiger partial charge in [0.15, 0.2) is 0 Å². The van der Waals surface area contributed by atoms with E-state index in [1.165, 1.54) is 5.57 Å². The molecule has 1 rings (SSSR count). The fourth-order valence-electron chi connectivity index (χ4n) is 1.99. The third-order valence-corrected chi connectivity index (χ3v) is 3.22. The molecule has 0 spiro atoms. The first-order valence-electron chi connectivity index (χ1n) is 4.44. The molecule has 2 N–H and O–H groups in total. The van der Waals surface area contributed by atoms with E-state index in [1.807, 2.05) is 6.92 Å². The van der Waals surface area contributed by atoms with E-state index in [0.717, 1.165) is 12.0 Å². The van der Waals surface area contributed by atoms with Gasteiger partial charge in [-0.1, -0.05) is 19.4 Å². The summed E-state index contributed by atoms with van der Waals surface area (Å²) in [5.41, 5.74) is 2.50. The van der Waals surface area contributed by atoms with Crippen LogP contribution in [0.25, 0.3) is 0 Å². The SMILES string of the molecule is C/C(CO)=C1\CC(CO)C1(C)C. The van der Waals surface area contributed by atoms with Crippen molar-refractivity contribution in [1.82, 2.24) is 0 Å². The second-order valence-electron chi connectivity index (χ2n) is 4.22. The lowest BCUT2D eigenvalue weighted by Gasteiger charge is -2.48. The van der Waals surface area contributed by atoms with Crippen molar-refractivity contribution in [3.05, 3.63) is 11.1 Å². The Balaban J connectivity index is 2.77. The molecule has 70 valence electrons. The van der Waals surface area contributed by atoms with Gasteiger partial charge in [-0.3, -0.25) is 0 Å². The number of aliphatic hydroxyl groups is 2. The second-order valence-corrected chi connectivity index (χ2v) is 4.22. The topological polar surface area (TPSA) is 40.5 Å². The molecule has 1 saturated carbocycles. The highest BCUT2D eigenvalue weighted by molar-refractivity contribution is 5.29. The third-order valence-electron chi connectivity index (χ3n) is 3.22. The lowest BCUT2D eigenvalue weighted by molar-refractivity contribution is 0.0817. The van der Waals surface area contributed by atoms with Crippen molar-refractivity contribution < 1.29 is 10.2 Å². The molecular formula is C10H18O2. The molecule has 0 aromatic heterocycles. The van der Waals surface area contributed by atoms with E-state index in [2.05, 4.69) is 13.8 Å². The highest BCUT2D eigenvalue weighted by Crippen LogP contribution is 2.51. The van der Waals surface area contributed by atoms with Crippen molar-refractivity contribution in [2.45, 2.75) is 27.2 Å². The molecule has 0 amide bonds. The highest BCUT2D eigenvalue weighted by atomic mass is 16.3. The molecule has 2 nitrogen and oxygen atoms in total. The molecule has 1 atom stereocenters. The number of allylic oxidation sites excluding steroid dienone is 1. The van der Waals surface area contributed by atoms with Crippen LogP contribution in [0.4, 0.5) is 0 Å². The fourth-order valence-corrected chi connectivity index (χ4v) is 1.99. The first kappa shape index (κ1) is 9.75. The van der Waals surface area contributed by atoms with E-state index < -0.39 is 0 Å².